The molecule has 0 radical (unpaired) electrons. The van der Waals surface area contributed by atoms with Crippen LogP contribution >= 0.6 is 22.9 Å². The number of aromatic nitrogens is 2. The summed E-state index contributed by atoms with van der Waals surface area (Å²) >= 11 is 7.35. The number of halogens is 1. The monoisotopic (exact) mass is 441 g/mol. The average Bonchev–Trinajstić information content (AvgIpc) is 3.02. The lowest BCUT2D eigenvalue weighted by Gasteiger charge is -2.12. The average molecular weight is 442 g/mol. The summed E-state index contributed by atoms with van der Waals surface area (Å²) in [6.45, 7) is 3.95. The van der Waals surface area contributed by atoms with Crippen LogP contribution in [0.25, 0.3) is 15.9 Å². The van der Waals surface area contributed by atoms with Gasteiger partial charge in [0.05, 0.1) is 22.5 Å². The van der Waals surface area contributed by atoms with Gasteiger partial charge >= 0.3 is 5.69 Å². The molecule has 2 aromatic carbocycles. The standard InChI is InChI=1S/C21H16ClN3O4S/c1-12-13(2)30-20-18(12)19(26)24(16-9-5-15(22)6-10-16)21(27)23(20)11-14-3-7-17(8-4-14)25(28)29/h3-10H,11H2,1-2H3. The van der Waals surface area contributed by atoms with Crippen molar-refractivity contribution in [2.75, 3.05) is 0 Å². The molecule has 0 unspecified atom stereocenters. The van der Waals surface area contributed by atoms with Crippen LogP contribution in [0, 0.1) is 24.0 Å². The maximum absolute atomic E-state index is 13.4. The summed E-state index contributed by atoms with van der Waals surface area (Å²) in [5.74, 6) is 0. The summed E-state index contributed by atoms with van der Waals surface area (Å²) in [4.78, 5) is 38.6. The summed E-state index contributed by atoms with van der Waals surface area (Å²) in [5, 5.41) is 11.9. The van der Waals surface area contributed by atoms with E-state index in [1.165, 1.54) is 28.0 Å². The zero-order chi connectivity index (χ0) is 21.6. The van der Waals surface area contributed by atoms with Crippen LogP contribution in [0.4, 0.5) is 5.69 Å². The van der Waals surface area contributed by atoms with Crippen molar-refractivity contribution >= 4 is 38.8 Å². The van der Waals surface area contributed by atoms with Gasteiger partial charge in [-0.25, -0.2) is 9.36 Å². The van der Waals surface area contributed by atoms with E-state index in [0.29, 0.717) is 26.5 Å². The number of hydrogen-bond donors (Lipinski definition) is 0. The third-order valence-electron chi connectivity index (χ3n) is 5.02. The number of aryl methyl sites for hydroxylation is 2. The molecule has 0 aliphatic heterocycles. The van der Waals surface area contributed by atoms with Crippen molar-refractivity contribution in [1.29, 1.82) is 0 Å². The number of rotatable bonds is 4. The summed E-state index contributed by atoms with van der Waals surface area (Å²) in [7, 11) is 0. The first-order valence-corrected chi connectivity index (χ1v) is 10.2. The highest BCUT2D eigenvalue weighted by molar-refractivity contribution is 7.18. The van der Waals surface area contributed by atoms with E-state index < -0.39 is 10.6 Å². The van der Waals surface area contributed by atoms with E-state index in [0.717, 1.165) is 15.0 Å². The van der Waals surface area contributed by atoms with Gasteiger partial charge in [-0.1, -0.05) is 23.7 Å². The number of nitro benzene ring substituents is 1. The Morgan fingerprint density at radius 1 is 1.03 bits per heavy atom. The van der Waals surface area contributed by atoms with Gasteiger partial charge in [0, 0.05) is 22.0 Å². The fraction of sp³-hybridized carbons (Fsp3) is 0.143. The molecule has 0 atom stereocenters. The Labute approximate surface area is 179 Å². The van der Waals surface area contributed by atoms with Gasteiger partial charge < -0.3 is 0 Å². The smallest absolute Gasteiger partial charge is 0.280 e. The number of fused-ring (bicyclic) bond motifs is 1. The lowest BCUT2D eigenvalue weighted by molar-refractivity contribution is -0.384. The predicted octanol–water partition coefficient (Wildman–Crippen LogP) is 4.44. The Hall–Kier alpha value is -3.23. The van der Waals surface area contributed by atoms with Gasteiger partial charge in [0.1, 0.15) is 4.83 Å². The lowest BCUT2D eigenvalue weighted by Crippen LogP contribution is -2.38. The van der Waals surface area contributed by atoms with Crippen LogP contribution < -0.4 is 11.2 Å². The Kier molecular flexibility index (Phi) is 5.05. The molecule has 0 amide bonds. The second-order valence-electron chi connectivity index (χ2n) is 6.87. The van der Waals surface area contributed by atoms with Crippen molar-refractivity contribution < 1.29 is 4.92 Å². The van der Waals surface area contributed by atoms with Crippen LogP contribution in [0.3, 0.4) is 0 Å². The fourth-order valence-corrected chi connectivity index (χ4v) is 4.59. The Bertz CT molecular complexity index is 1400. The largest absolute Gasteiger partial charge is 0.337 e. The van der Waals surface area contributed by atoms with E-state index in [9.17, 15) is 19.7 Å². The molecule has 4 rings (SSSR count). The zero-order valence-electron chi connectivity index (χ0n) is 16.1. The molecule has 152 valence electrons. The van der Waals surface area contributed by atoms with Gasteiger partial charge in [-0.3, -0.25) is 19.5 Å². The highest BCUT2D eigenvalue weighted by Crippen LogP contribution is 2.28. The summed E-state index contributed by atoms with van der Waals surface area (Å²) in [6.07, 6.45) is 0. The third-order valence-corrected chi connectivity index (χ3v) is 6.51. The van der Waals surface area contributed by atoms with Gasteiger partial charge in [0.15, 0.2) is 0 Å². The minimum absolute atomic E-state index is 0.0230. The van der Waals surface area contributed by atoms with E-state index in [1.807, 2.05) is 13.8 Å². The minimum Gasteiger partial charge on any atom is -0.280 e. The molecule has 2 heterocycles. The van der Waals surface area contributed by atoms with E-state index in [1.54, 1.807) is 36.4 Å². The number of thiophene rings is 1. The van der Waals surface area contributed by atoms with Crippen molar-refractivity contribution in [3.05, 3.63) is 101 Å². The first-order chi connectivity index (χ1) is 14.3. The third kappa shape index (κ3) is 3.34. The molecule has 0 saturated carbocycles. The molecule has 0 aliphatic carbocycles. The van der Waals surface area contributed by atoms with Crippen molar-refractivity contribution in [3.8, 4) is 5.69 Å². The van der Waals surface area contributed by atoms with Crippen molar-refractivity contribution in [2.45, 2.75) is 20.4 Å². The van der Waals surface area contributed by atoms with Gasteiger partial charge in [0.25, 0.3) is 11.2 Å². The quantitative estimate of drug-likeness (QED) is 0.346. The molecule has 0 bridgehead atoms. The molecular weight excluding hydrogens is 426 g/mol. The number of hydrogen-bond acceptors (Lipinski definition) is 5. The van der Waals surface area contributed by atoms with Crippen LogP contribution in [-0.4, -0.2) is 14.1 Å². The minimum atomic E-state index is -0.477. The maximum atomic E-state index is 13.4. The molecule has 2 aromatic heterocycles. The molecule has 0 aliphatic rings. The molecule has 7 nitrogen and oxygen atoms in total. The lowest BCUT2D eigenvalue weighted by atomic mass is 10.2. The zero-order valence-corrected chi connectivity index (χ0v) is 17.7. The van der Waals surface area contributed by atoms with Gasteiger partial charge in [-0.15, -0.1) is 11.3 Å². The number of benzene rings is 2. The maximum Gasteiger partial charge on any atom is 0.337 e. The second kappa shape index (κ2) is 7.55. The van der Waals surface area contributed by atoms with Crippen LogP contribution in [0.1, 0.15) is 16.0 Å². The molecule has 4 aromatic rings. The molecule has 30 heavy (non-hydrogen) atoms. The molecule has 9 heteroatoms. The predicted molar refractivity (Wildman–Crippen MR) is 118 cm³/mol. The molecule has 0 fully saturated rings. The molecule has 0 N–H and O–H groups in total. The van der Waals surface area contributed by atoms with E-state index in [4.69, 9.17) is 11.6 Å². The number of non-ortho nitro benzene ring substituents is 1. The molecule has 0 spiro atoms. The van der Waals surface area contributed by atoms with Crippen LogP contribution in [0.5, 0.6) is 0 Å². The van der Waals surface area contributed by atoms with Crippen LogP contribution in [0.15, 0.2) is 58.1 Å². The van der Waals surface area contributed by atoms with Crippen LogP contribution in [-0.2, 0) is 6.54 Å². The first kappa shape index (κ1) is 20.1. The number of nitrogens with zero attached hydrogens (tertiary/aromatic N) is 3. The Morgan fingerprint density at radius 2 is 1.67 bits per heavy atom. The van der Waals surface area contributed by atoms with E-state index >= 15 is 0 Å². The topological polar surface area (TPSA) is 87.1 Å². The summed E-state index contributed by atoms with van der Waals surface area (Å²) in [6, 6.07) is 12.5. The number of nitro groups is 1. The summed E-state index contributed by atoms with van der Waals surface area (Å²) in [5.41, 5.74) is 1.10. The highest BCUT2D eigenvalue weighted by atomic mass is 35.5. The van der Waals surface area contributed by atoms with Crippen molar-refractivity contribution in [1.82, 2.24) is 9.13 Å². The fourth-order valence-electron chi connectivity index (χ4n) is 3.32. The summed E-state index contributed by atoms with van der Waals surface area (Å²) < 4.78 is 2.68. The van der Waals surface area contributed by atoms with Gasteiger partial charge in [0.2, 0.25) is 0 Å². The second-order valence-corrected chi connectivity index (χ2v) is 8.51. The van der Waals surface area contributed by atoms with Gasteiger partial charge in [-0.2, -0.15) is 0 Å². The van der Waals surface area contributed by atoms with Crippen LogP contribution in [0.2, 0.25) is 5.02 Å². The van der Waals surface area contributed by atoms with Crippen molar-refractivity contribution in [3.63, 3.8) is 0 Å². The Morgan fingerprint density at radius 3 is 2.27 bits per heavy atom. The van der Waals surface area contributed by atoms with Gasteiger partial charge in [-0.05, 0) is 49.2 Å². The molecular formula is C21H16ClN3O4S. The normalized spacial score (nSPS) is 11.2. The Balaban J connectivity index is 1.97. The molecule has 0 saturated heterocycles. The highest BCUT2D eigenvalue weighted by Gasteiger charge is 2.20. The van der Waals surface area contributed by atoms with Crippen molar-refractivity contribution in [2.24, 2.45) is 0 Å². The van der Waals surface area contributed by atoms with E-state index in [2.05, 4.69) is 0 Å². The van der Waals surface area contributed by atoms with E-state index in [-0.39, 0.29) is 17.8 Å². The first-order valence-electron chi connectivity index (χ1n) is 9.02. The SMILES string of the molecule is Cc1sc2c(c1C)c(=O)n(-c1ccc(Cl)cc1)c(=O)n2Cc1ccc([N+](=O)[O-])cc1.